The second kappa shape index (κ2) is 5.65. The van der Waals surface area contributed by atoms with Crippen molar-refractivity contribution in [3.8, 4) is 0 Å². The normalized spacial score (nSPS) is 13.1. The Labute approximate surface area is 119 Å². The van der Waals surface area contributed by atoms with Gasteiger partial charge >= 0.3 is 5.97 Å². The lowest BCUT2D eigenvalue weighted by Gasteiger charge is -2.16. The number of hydrogen-bond acceptors (Lipinski definition) is 2. The monoisotopic (exact) mass is 274 g/mol. The minimum absolute atomic E-state index is 0.271. The molecule has 2 aromatic rings. The molecule has 1 heterocycles. The van der Waals surface area contributed by atoms with Crippen LogP contribution in [0.5, 0.6) is 0 Å². The van der Waals surface area contributed by atoms with Crippen molar-refractivity contribution in [1.82, 2.24) is 9.55 Å². The van der Waals surface area contributed by atoms with E-state index < -0.39 is 5.97 Å². The minimum atomic E-state index is -0.892. The molecule has 0 spiro atoms. The van der Waals surface area contributed by atoms with Gasteiger partial charge in [0.25, 0.3) is 0 Å². The summed E-state index contributed by atoms with van der Waals surface area (Å²) in [5.74, 6) is 0.838. The number of aromatic nitrogens is 2. The van der Waals surface area contributed by atoms with Crippen molar-refractivity contribution in [2.24, 2.45) is 5.92 Å². The average molecular weight is 274 g/mol. The molecule has 1 aromatic carbocycles. The second-order valence-corrected chi connectivity index (χ2v) is 5.73. The summed E-state index contributed by atoms with van der Waals surface area (Å²) in [7, 11) is 0. The van der Waals surface area contributed by atoms with Gasteiger partial charge in [0.2, 0.25) is 0 Å². The van der Waals surface area contributed by atoms with Crippen LogP contribution >= 0.6 is 0 Å². The van der Waals surface area contributed by atoms with Crippen LogP contribution < -0.4 is 0 Å². The summed E-state index contributed by atoms with van der Waals surface area (Å²) in [4.78, 5) is 16.1. The first-order chi connectivity index (χ1) is 9.45. The predicted octanol–water partition coefficient (Wildman–Crippen LogP) is 3.90. The quantitative estimate of drug-likeness (QED) is 0.899. The Morgan fingerprint density at radius 2 is 2.05 bits per heavy atom. The zero-order valence-corrected chi connectivity index (χ0v) is 12.6. The van der Waals surface area contributed by atoms with Crippen LogP contribution in [0.25, 0.3) is 11.0 Å². The summed E-state index contributed by atoms with van der Waals surface area (Å²) in [5.41, 5.74) is 1.87. The Morgan fingerprint density at radius 1 is 1.35 bits per heavy atom. The van der Waals surface area contributed by atoms with Crippen LogP contribution in [0.3, 0.4) is 0 Å². The Balaban J connectivity index is 2.71. The van der Waals surface area contributed by atoms with E-state index in [2.05, 4.69) is 37.2 Å². The van der Waals surface area contributed by atoms with Gasteiger partial charge in [-0.1, -0.05) is 40.2 Å². The molecule has 1 N–H and O–H groups in total. The van der Waals surface area contributed by atoms with E-state index in [0.717, 1.165) is 29.8 Å². The van der Waals surface area contributed by atoms with E-state index in [1.54, 1.807) is 12.1 Å². The van der Waals surface area contributed by atoms with Gasteiger partial charge in [-0.15, -0.1) is 0 Å². The Kier molecular flexibility index (Phi) is 4.12. The van der Waals surface area contributed by atoms with E-state index in [9.17, 15) is 9.90 Å². The second-order valence-electron chi connectivity index (χ2n) is 5.73. The molecule has 0 aliphatic rings. The topological polar surface area (TPSA) is 55.1 Å². The Hall–Kier alpha value is -1.84. The molecule has 0 aliphatic heterocycles. The Bertz CT molecular complexity index is 629. The summed E-state index contributed by atoms with van der Waals surface area (Å²) in [6.07, 6.45) is 1.06. The van der Waals surface area contributed by atoms with E-state index >= 15 is 0 Å². The highest BCUT2D eigenvalue weighted by Gasteiger charge is 2.20. The lowest BCUT2D eigenvalue weighted by Crippen LogP contribution is -2.13. The van der Waals surface area contributed by atoms with Crippen molar-refractivity contribution in [3.63, 3.8) is 0 Å². The largest absolute Gasteiger partial charge is 0.478 e. The fraction of sp³-hybridized carbons (Fsp3) is 0.500. The molecule has 2 rings (SSSR count). The molecule has 4 nitrogen and oxygen atoms in total. The molecule has 1 unspecified atom stereocenters. The summed E-state index contributed by atoms with van der Waals surface area (Å²) in [6.45, 7) is 9.32. The number of rotatable bonds is 5. The number of aromatic carboxylic acids is 1. The summed E-state index contributed by atoms with van der Waals surface area (Å²) >= 11 is 0. The van der Waals surface area contributed by atoms with Crippen LogP contribution in [-0.4, -0.2) is 20.6 Å². The minimum Gasteiger partial charge on any atom is -0.478 e. The predicted molar refractivity (Wildman–Crippen MR) is 80.2 cm³/mol. The first-order valence-electron chi connectivity index (χ1n) is 7.18. The van der Waals surface area contributed by atoms with E-state index in [-0.39, 0.29) is 5.92 Å². The highest BCUT2D eigenvalue weighted by molar-refractivity contribution is 6.01. The highest BCUT2D eigenvalue weighted by Crippen LogP contribution is 2.26. The standard InChI is InChI=1S/C16H22N2O2/c1-5-11(4)9-18-14-12(16(19)20)7-6-8-13(14)17-15(18)10(2)3/h6-8,10-11H,5,9H2,1-4H3,(H,19,20). The van der Waals surface area contributed by atoms with Gasteiger partial charge in [-0.3, -0.25) is 0 Å². The molecule has 1 atom stereocenters. The summed E-state index contributed by atoms with van der Waals surface area (Å²) < 4.78 is 2.09. The smallest absolute Gasteiger partial charge is 0.337 e. The van der Waals surface area contributed by atoms with Gasteiger partial charge in [0.05, 0.1) is 16.6 Å². The SMILES string of the molecule is CCC(C)Cn1c(C(C)C)nc2cccc(C(=O)O)c21. The molecule has 108 valence electrons. The number of nitrogens with zero attached hydrogens (tertiary/aromatic N) is 2. The van der Waals surface area contributed by atoms with Crippen molar-refractivity contribution in [2.75, 3.05) is 0 Å². The molecule has 0 bridgehead atoms. The number of imidazole rings is 1. The number of hydrogen-bond donors (Lipinski definition) is 1. The van der Waals surface area contributed by atoms with Gasteiger partial charge in [-0.05, 0) is 18.1 Å². The maximum Gasteiger partial charge on any atom is 0.337 e. The molecule has 0 saturated carbocycles. The number of carbonyl (C=O) groups is 1. The third-order valence-electron chi connectivity index (χ3n) is 3.73. The van der Waals surface area contributed by atoms with Crippen LogP contribution in [0.2, 0.25) is 0 Å². The molecule has 0 radical (unpaired) electrons. The first-order valence-corrected chi connectivity index (χ1v) is 7.18. The molecular formula is C16H22N2O2. The number of benzene rings is 1. The van der Waals surface area contributed by atoms with Crippen molar-refractivity contribution >= 4 is 17.0 Å². The van der Waals surface area contributed by atoms with Gasteiger partial charge in [-0.2, -0.15) is 0 Å². The summed E-state index contributed by atoms with van der Waals surface area (Å²) in [5, 5.41) is 9.41. The molecule has 0 fully saturated rings. The third-order valence-corrected chi connectivity index (χ3v) is 3.73. The van der Waals surface area contributed by atoms with Crippen molar-refractivity contribution in [2.45, 2.75) is 46.6 Å². The van der Waals surface area contributed by atoms with Gasteiger partial charge in [0.15, 0.2) is 0 Å². The van der Waals surface area contributed by atoms with Gasteiger partial charge in [-0.25, -0.2) is 9.78 Å². The maximum atomic E-state index is 11.5. The zero-order valence-electron chi connectivity index (χ0n) is 12.6. The lowest BCUT2D eigenvalue weighted by atomic mass is 10.1. The van der Waals surface area contributed by atoms with Crippen LogP contribution in [0.4, 0.5) is 0 Å². The average Bonchev–Trinajstić information content (AvgIpc) is 2.77. The maximum absolute atomic E-state index is 11.5. The van der Waals surface area contributed by atoms with E-state index in [4.69, 9.17) is 0 Å². The molecule has 0 amide bonds. The first kappa shape index (κ1) is 14.6. The molecule has 20 heavy (non-hydrogen) atoms. The number of para-hydroxylation sites is 1. The molecule has 1 aromatic heterocycles. The summed E-state index contributed by atoms with van der Waals surface area (Å²) in [6, 6.07) is 5.31. The van der Waals surface area contributed by atoms with Gasteiger partial charge in [0.1, 0.15) is 5.82 Å². The van der Waals surface area contributed by atoms with E-state index in [1.807, 2.05) is 6.07 Å². The molecular weight excluding hydrogens is 252 g/mol. The van der Waals surface area contributed by atoms with Crippen molar-refractivity contribution in [3.05, 3.63) is 29.6 Å². The number of carboxylic acid groups (broad SMARTS) is 1. The fourth-order valence-corrected chi connectivity index (χ4v) is 2.44. The van der Waals surface area contributed by atoms with Gasteiger partial charge < -0.3 is 9.67 Å². The van der Waals surface area contributed by atoms with Gasteiger partial charge in [0, 0.05) is 12.5 Å². The lowest BCUT2D eigenvalue weighted by molar-refractivity contribution is 0.0698. The Morgan fingerprint density at radius 3 is 2.60 bits per heavy atom. The number of fused-ring (bicyclic) bond motifs is 1. The molecule has 0 aliphatic carbocycles. The van der Waals surface area contributed by atoms with E-state index in [1.165, 1.54) is 0 Å². The fourth-order valence-electron chi connectivity index (χ4n) is 2.44. The highest BCUT2D eigenvalue weighted by atomic mass is 16.4. The van der Waals surface area contributed by atoms with E-state index in [0.29, 0.717) is 11.5 Å². The van der Waals surface area contributed by atoms with Crippen LogP contribution in [0.15, 0.2) is 18.2 Å². The van der Waals surface area contributed by atoms with Crippen LogP contribution in [-0.2, 0) is 6.54 Å². The van der Waals surface area contributed by atoms with Crippen LogP contribution in [0.1, 0.15) is 56.2 Å². The number of carboxylic acids is 1. The van der Waals surface area contributed by atoms with Crippen molar-refractivity contribution in [1.29, 1.82) is 0 Å². The third kappa shape index (κ3) is 2.55. The van der Waals surface area contributed by atoms with Crippen LogP contribution in [0, 0.1) is 5.92 Å². The molecule has 4 heteroatoms. The van der Waals surface area contributed by atoms with Crippen molar-refractivity contribution < 1.29 is 9.90 Å². The zero-order chi connectivity index (χ0) is 14.9. The molecule has 0 saturated heterocycles.